The number of nitriles is 2. The quantitative estimate of drug-likeness (QED) is 0.267. The van der Waals surface area contributed by atoms with Gasteiger partial charge < -0.3 is 0 Å². The molecule has 18 heavy (non-hydrogen) atoms. The standard InChI is InChI=1S/C11H12N6S/c12-8-16-11(17-9-13)15-5-6-18-7-10-3-1-2-4-14-10/h1-4H,5-7H2,(H2,15,16,17). The Balaban J connectivity index is 2.23. The summed E-state index contributed by atoms with van der Waals surface area (Å²) in [6.07, 6.45) is 5.18. The summed E-state index contributed by atoms with van der Waals surface area (Å²) in [5, 5.41) is 21.4. The molecule has 6 nitrogen and oxygen atoms in total. The van der Waals surface area contributed by atoms with E-state index in [4.69, 9.17) is 10.5 Å². The number of rotatable bonds is 5. The van der Waals surface area contributed by atoms with Gasteiger partial charge in [-0.05, 0) is 12.1 Å². The zero-order valence-corrected chi connectivity index (χ0v) is 10.4. The van der Waals surface area contributed by atoms with E-state index in [0.29, 0.717) is 6.54 Å². The van der Waals surface area contributed by atoms with Crippen LogP contribution in [0.3, 0.4) is 0 Å². The number of guanidine groups is 1. The second-order valence-corrected chi connectivity index (χ2v) is 4.18. The van der Waals surface area contributed by atoms with Crippen LogP contribution in [0, 0.1) is 22.9 Å². The summed E-state index contributed by atoms with van der Waals surface area (Å²) in [5.41, 5.74) is 1.03. The highest BCUT2D eigenvalue weighted by Crippen LogP contribution is 2.08. The van der Waals surface area contributed by atoms with Crippen LogP contribution in [0.4, 0.5) is 0 Å². The average Bonchev–Trinajstić information content (AvgIpc) is 2.40. The van der Waals surface area contributed by atoms with Gasteiger partial charge in [0.25, 0.3) is 0 Å². The Morgan fingerprint density at radius 1 is 1.33 bits per heavy atom. The van der Waals surface area contributed by atoms with Crippen LogP contribution in [0.5, 0.6) is 0 Å². The lowest BCUT2D eigenvalue weighted by Gasteiger charge is -2.01. The van der Waals surface area contributed by atoms with E-state index in [1.165, 1.54) is 0 Å². The largest absolute Gasteiger partial charge is 0.262 e. The molecule has 0 amide bonds. The van der Waals surface area contributed by atoms with Gasteiger partial charge in [0, 0.05) is 17.7 Å². The van der Waals surface area contributed by atoms with Crippen molar-refractivity contribution in [2.75, 3.05) is 12.3 Å². The summed E-state index contributed by atoms with van der Waals surface area (Å²) in [4.78, 5) is 8.25. The van der Waals surface area contributed by atoms with E-state index in [1.807, 2.05) is 18.2 Å². The molecule has 7 heteroatoms. The van der Waals surface area contributed by atoms with Crippen molar-refractivity contribution in [3.8, 4) is 12.4 Å². The Bertz CT molecular complexity index is 441. The van der Waals surface area contributed by atoms with Crippen molar-refractivity contribution in [1.82, 2.24) is 15.6 Å². The maximum Gasteiger partial charge on any atom is 0.218 e. The molecule has 0 fully saturated rings. The Morgan fingerprint density at radius 2 is 2.11 bits per heavy atom. The van der Waals surface area contributed by atoms with E-state index in [-0.39, 0.29) is 5.96 Å². The highest BCUT2D eigenvalue weighted by molar-refractivity contribution is 7.98. The number of aliphatic imine (C=N–C) groups is 1. The minimum absolute atomic E-state index is 0.179. The minimum atomic E-state index is 0.179. The van der Waals surface area contributed by atoms with Gasteiger partial charge in [-0.2, -0.15) is 22.3 Å². The molecule has 2 N–H and O–H groups in total. The lowest BCUT2D eigenvalue weighted by molar-refractivity contribution is 1.04. The zero-order chi connectivity index (χ0) is 13.1. The van der Waals surface area contributed by atoms with E-state index < -0.39 is 0 Å². The first-order chi connectivity index (χ1) is 8.86. The molecule has 0 aliphatic rings. The lowest BCUT2D eigenvalue weighted by Crippen LogP contribution is -2.31. The van der Waals surface area contributed by atoms with Gasteiger partial charge in [0.05, 0.1) is 12.2 Å². The molecule has 0 aliphatic carbocycles. The van der Waals surface area contributed by atoms with Crippen molar-refractivity contribution in [3.63, 3.8) is 0 Å². The third-order valence-corrected chi connectivity index (χ3v) is 2.80. The fourth-order valence-electron chi connectivity index (χ4n) is 1.10. The van der Waals surface area contributed by atoms with Gasteiger partial charge in [0.1, 0.15) is 0 Å². The highest BCUT2D eigenvalue weighted by Gasteiger charge is 1.96. The van der Waals surface area contributed by atoms with Crippen LogP contribution in [0.25, 0.3) is 0 Å². The fourth-order valence-corrected chi connectivity index (χ4v) is 1.84. The number of nitrogens with one attached hydrogen (secondary N) is 2. The summed E-state index contributed by atoms with van der Waals surface area (Å²) in [6, 6.07) is 5.80. The summed E-state index contributed by atoms with van der Waals surface area (Å²) in [7, 11) is 0. The van der Waals surface area contributed by atoms with Crippen molar-refractivity contribution in [2.45, 2.75) is 5.75 Å². The van der Waals surface area contributed by atoms with Crippen molar-refractivity contribution in [2.24, 2.45) is 4.99 Å². The number of pyridine rings is 1. The molecule has 1 aromatic rings. The van der Waals surface area contributed by atoms with Crippen LogP contribution in [-0.4, -0.2) is 23.2 Å². The van der Waals surface area contributed by atoms with Gasteiger partial charge in [-0.15, -0.1) is 0 Å². The fraction of sp³-hybridized carbons (Fsp3) is 0.273. The lowest BCUT2D eigenvalue weighted by atomic mass is 10.4. The van der Waals surface area contributed by atoms with Crippen molar-refractivity contribution < 1.29 is 0 Å². The van der Waals surface area contributed by atoms with Crippen LogP contribution < -0.4 is 10.6 Å². The molecule has 0 saturated carbocycles. The van der Waals surface area contributed by atoms with Crippen LogP contribution >= 0.6 is 11.8 Å². The Morgan fingerprint density at radius 3 is 2.72 bits per heavy atom. The molecule has 0 aromatic carbocycles. The van der Waals surface area contributed by atoms with Crippen molar-refractivity contribution in [1.29, 1.82) is 10.5 Å². The Labute approximate surface area is 110 Å². The molecule has 92 valence electrons. The molecular formula is C11H12N6S. The van der Waals surface area contributed by atoms with Gasteiger partial charge in [-0.1, -0.05) is 6.07 Å². The number of hydrogen-bond donors (Lipinski definition) is 2. The normalized spacial score (nSPS) is 8.78. The highest BCUT2D eigenvalue weighted by atomic mass is 32.2. The first-order valence-corrected chi connectivity index (χ1v) is 6.34. The van der Waals surface area contributed by atoms with E-state index in [1.54, 1.807) is 30.3 Å². The van der Waals surface area contributed by atoms with Crippen LogP contribution in [-0.2, 0) is 5.75 Å². The number of nitrogens with zero attached hydrogens (tertiary/aromatic N) is 4. The average molecular weight is 260 g/mol. The predicted molar refractivity (Wildman–Crippen MR) is 70.2 cm³/mol. The molecule has 1 rings (SSSR count). The van der Waals surface area contributed by atoms with Gasteiger partial charge in [-0.25, -0.2) is 0 Å². The van der Waals surface area contributed by atoms with Crippen molar-refractivity contribution >= 4 is 17.7 Å². The van der Waals surface area contributed by atoms with Crippen LogP contribution in [0.15, 0.2) is 29.4 Å². The zero-order valence-electron chi connectivity index (χ0n) is 9.63. The Kier molecular flexibility index (Phi) is 6.79. The molecule has 0 radical (unpaired) electrons. The van der Waals surface area contributed by atoms with E-state index in [0.717, 1.165) is 17.2 Å². The first-order valence-electron chi connectivity index (χ1n) is 5.19. The smallest absolute Gasteiger partial charge is 0.218 e. The Hall–Kier alpha value is -2.25. The molecule has 1 aromatic heterocycles. The molecule has 0 unspecified atom stereocenters. The van der Waals surface area contributed by atoms with Crippen LogP contribution in [0.1, 0.15) is 5.69 Å². The molecule has 0 saturated heterocycles. The summed E-state index contributed by atoms with van der Waals surface area (Å²) >= 11 is 1.69. The van der Waals surface area contributed by atoms with Gasteiger partial charge >= 0.3 is 0 Å². The molecule has 0 aliphatic heterocycles. The number of hydrogen-bond acceptors (Lipinski definition) is 5. The summed E-state index contributed by atoms with van der Waals surface area (Å²) < 4.78 is 0. The SMILES string of the molecule is N#CNC(=NCCSCc1ccccn1)NC#N. The van der Waals surface area contributed by atoms with E-state index in [9.17, 15) is 0 Å². The van der Waals surface area contributed by atoms with E-state index in [2.05, 4.69) is 20.6 Å². The maximum atomic E-state index is 8.41. The third kappa shape index (κ3) is 5.73. The third-order valence-electron chi connectivity index (χ3n) is 1.83. The molecular weight excluding hydrogens is 248 g/mol. The molecule has 1 heterocycles. The number of aromatic nitrogens is 1. The second kappa shape index (κ2) is 8.85. The monoisotopic (exact) mass is 260 g/mol. The number of thioether (sulfide) groups is 1. The minimum Gasteiger partial charge on any atom is -0.262 e. The van der Waals surface area contributed by atoms with E-state index >= 15 is 0 Å². The first kappa shape index (κ1) is 13.8. The van der Waals surface area contributed by atoms with Gasteiger partial charge in [0.15, 0.2) is 12.4 Å². The summed E-state index contributed by atoms with van der Waals surface area (Å²) in [5.74, 6) is 1.79. The van der Waals surface area contributed by atoms with Gasteiger partial charge in [0.2, 0.25) is 5.96 Å². The van der Waals surface area contributed by atoms with Gasteiger partial charge in [-0.3, -0.25) is 20.6 Å². The topological polar surface area (TPSA) is 96.9 Å². The predicted octanol–water partition coefficient (Wildman–Crippen LogP) is 0.812. The second-order valence-electron chi connectivity index (χ2n) is 3.08. The van der Waals surface area contributed by atoms with Crippen LogP contribution in [0.2, 0.25) is 0 Å². The molecule has 0 atom stereocenters. The molecule has 0 spiro atoms. The molecule has 0 bridgehead atoms. The summed E-state index contributed by atoms with van der Waals surface area (Å²) in [6.45, 7) is 0.524. The maximum absolute atomic E-state index is 8.41. The van der Waals surface area contributed by atoms with Crippen molar-refractivity contribution in [3.05, 3.63) is 30.1 Å².